The van der Waals surface area contributed by atoms with E-state index in [9.17, 15) is 4.79 Å². The average Bonchev–Trinajstić information content (AvgIpc) is 2.79. The summed E-state index contributed by atoms with van der Waals surface area (Å²) in [6.45, 7) is 8.42. The number of fused-ring (bicyclic) bond motifs is 2. The summed E-state index contributed by atoms with van der Waals surface area (Å²) in [5.41, 5.74) is 2.72. The lowest BCUT2D eigenvalue weighted by molar-refractivity contribution is 0.199. The molecule has 5 nitrogen and oxygen atoms in total. The van der Waals surface area contributed by atoms with Crippen molar-refractivity contribution in [3.8, 4) is 0 Å². The molecule has 1 unspecified atom stereocenters. The Labute approximate surface area is 113 Å². The minimum absolute atomic E-state index is 0.111. The first kappa shape index (κ1) is 12.5. The molecule has 3 heterocycles. The van der Waals surface area contributed by atoms with Crippen LogP contribution >= 0.6 is 0 Å². The summed E-state index contributed by atoms with van der Waals surface area (Å²) < 4.78 is 1.84. The molecule has 0 N–H and O–H groups in total. The Kier molecular flexibility index (Phi) is 2.82. The van der Waals surface area contributed by atoms with E-state index in [-0.39, 0.29) is 11.6 Å². The van der Waals surface area contributed by atoms with Crippen LogP contribution in [0.3, 0.4) is 0 Å². The van der Waals surface area contributed by atoms with Crippen LogP contribution in [0.5, 0.6) is 0 Å². The fraction of sp³-hybridized carbons (Fsp3) is 0.643. The number of hydrogen-bond donors (Lipinski definition) is 0. The van der Waals surface area contributed by atoms with Crippen molar-refractivity contribution >= 4 is 5.71 Å². The Morgan fingerprint density at radius 3 is 2.74 bits per heavy atom. The van der Waals surface area contributed by atoms with Crippen LogP contribution < -0.4 is 5.56 Å². The zero-order valence-electron chi connectivity index (χ0n) is 12.0. The summed E-state index contributed by atoms with van der Waals surface area (Å²) in [7, 11) is 2.07. The molecule has 0 spiro atoms. The maximum Gasteiger partial charge on any atom is 0.259 e. The van der Waals surface area contributed by atoms with E-state index < -0.39 is 0 Å². The van der Waals surface area contributed by atoms with Gasteiger partial charge in [0.15, 0.2) is 0 Å². The van der Waals surface area contributed by atoms with E-state index >= 15 is 0 Å². The van der Waals surface area contributed by atoms with E-state index in [0.717, 1.165) is 35.9 Å². The Morgan fingerprint density at radius 1 is 1.32 bits per heavy atom. The van der Waals surface area contributed by atoms with Crippen molar-refractivity contribution in [3.63, 3.8) is 0 Å². The van der Waals surface area contributed by atoms with Crippen molar-refractivity contribution < 1.29 is 0 Å². The Morgan fingerprint density at radius 2 is 2.05 bits per heavy atom. The number of aliphatic imine (C=N–C) groups is 1. The van der Waals surface area contributed by atoms with Crippen LogP contribution in [0.2, 0.25) is 0 Å². The molecule has 0 fully saturated rings. The molecule has 0 saturated carbocycles. The van der Waals surface area contributed by atoms with E-state index in [4.69, 9.17) is 4.98 Å². The highest BCUT2D eigenvalue weighted by molar-refractivity contribution is 6.03. The van der Waals surface area contributed by atoms with Gasteiger partial charge in [-0.1, -0.05) is 13.8 Å². The first-order chi connectivity index (χ1) is 9.00. The first-order valence-electron chi connectivity index (χ1n) is 6.89. The van der Waals surface area contributed by atoms with Gasteiger partial charge in [0.25, 0.3) is 5.56 Å². The minimum atomic E-state index is 0.111. The largest absolute Gasteiger partial charge is 0.295 e. The van der Waals surface area contributed by atoms with Crippen molar-refractivity contribution in [1.82, 2.24) is 14.5 Å². The zero-order chi connectivity index (χ0) is 13.7. The molecular formula is C14H20N4O. The third-order valence-electron chi connectivity index (χ3n) is 4.20. The lowest BCUT2D eigenvalue weighted by Gasteiger charge is -2.32. The molecule has 1 atom stereocenters. The first-order valence-corrected chi connectivity index (χ1v) is 6.89. The van der Waals surface area contributed by atoms with E-state index in [1.165, 1.54) is 0 Å². The number of aromatic nitrogens is 2. The predicted octanol–water partition coefficient (Wildman–Crippen LogP) is 1.21. The summed E-state index contributed by atoms with van der Waals surface area (Å²) in [5.74, 6) is 1.19. The standard InChI is InChI=1S/C14H20N4O/c1-8(2)11-12-10(7-15-11)14(19)18-6-5-17(4)9(3)13(18)16-12/h8-9H,5-7H2,1-4H3. The normalized spacial score (nSPS) is 22.4. The molecule has 1 aromatic rings. The summed E-state index contributed by atoms with van der Waals surface area (Å²) >= 11 is 0. The van der Waals surface area contributed by atoms with Gasteiger partial charge in [0.05, 0.1) is 29.6 Å². The molecule has 19 heavy (non-hydrogen) atoms. The molecular weight excluding hydrogens is 240 g/mol. The smallest absolute Gasteiger partial charge is 0.259 e. The molecule has 3 rings (SSSR count). The zero-order valence-corrected chi connectivity index (χ0v) is 12.0. The van der Waals surface area contributed by atoms with Crippen molar-refractivity contribution in [2.45, 2.75) is 39.9 Å². The van der Waals surface area contributed by atoms with Crippen LogP contribution in [-0.2, 0) is 13.1 Å². The highest BCUT2D eigenvalue weighted by Gasteiger charge is 2.30. The predicted molar refractivity (Wildman–Crippen MR) is 74.6 cm³/mol. The second-order valence-electron chi connectivity index (χ2n) is 5.77. The second kappa shape index (κ2) is 4.27. The molecule has 102 valence electrons. The van der Waals surface area contributed by atoms with Crippen molar-refractivity contribution in [2.75, 3.05) is 13.6 Å². The maximum atomic E-state index is 12.6. The monoisotopic (exact) mass is 260 g/mol. The summed E-state index contributed by atoms with van der Waals surface area (Å²) in [5, 5.41) is 0. The van der Waals surface area contributed by atoms with E-state index in [1.807, 2.05) is 4.57 Å². The van der Waals surface area contributed by atoms with Crippen molar-refractivity contribution in [2.24, 2.45) is 10.9 Å². The quantitative estimate of drug-likeness (QED) is 0.762. The van der Waals surface area contributed by atoms with Crippen molar-refractivity contribution in [1.29, 1.82) is 0 Å². The molecule has 0 saturated heterocycles. The molecule has 0 aliphatic carbocycles. The number of nitrogens with zero attached hydrogens (tertiary/aromatic N) is 4. The van der Waals surface area contributed by atoms with Gasteiger partial charge in [-0.15, -0.1) is 0 Å². The molecule has 0 aromatic carbocycles. The van der Waals surface area contributed by atoms with E-state index in [1.54, 1.807) is 0 Å². The minimum Gasteiger partial charge on any atom is -0.295 e. The molecule has 5 heteroatoms. The summed E-state index contributed by atoms with van der Waals surface area (Å²) in [4.78, 5) is 24.1. The highest BCUT2D eigenvalue weighted by Crippen LogP contribution is 2.24. The highest BCUT2D eigenvalue weighted by atomic mass is 16.1. The lowest BCUT2D eigenvalue weighted by atomic mass is 10.0. The third-order valence-corrected chi connectivity index (χ3v) is 4.20. The van der Waals surface area contributed by atoms with Gasteiger partial charge in [0.2, 0.25) is 0 Å². The maximum absolute atomic E-state index is 12.6. The molecule has 2 aliphatic heterocycles. The second-order valence-corrected chi connectivity index (χ2v) is 5.77. The van der Waals surface area contributed by atoms with E-state index in [2.05, 4.69) is 37.7 Å². The Hall–Kier alpha value is -1.49. The lowest BCUT2D eigenvalue weighted by Crippen LogP contribution is -2.42. The van der Waals surface area contributed by atoms with Gasteiger partial charge in [-0.25, -0.2) is 4.98 Å². The van der Waals surface area contributed by atoms with Gasteiger partial charge in [0.1, 0.15) is 5.82 Å². The molecule has 0 radical (unpaired) electrons. The average molecular weight is 260 g/mol. The van der Waals surface area contributed by atoms with Crippen molar-refractivity contribution in [3.05, 3.63) is 27.4 Å². The Bertz CT molecular complexity index is 615. The molecule has 2 aliphatic rings. The van der Waals surface area contributed by atoms with Gasteiger partial charge in [-0.3, -0.25) is 19.3 Å². The number of likely N-dealkylation sites (N-methyl/N-ethyl adjacent to an activating group) is 1. The molecule has 0 amide bonds. The fourth-order valence-electron chi connectivity index (χ4n) is 2.84. The number of rotatable bonds is 1. The summed E-state index contributed by atoms with van der Waals surface area (Å²) in [6.07, 6.45) is 0. The molecule has 1 aromatic heterocycles. The fourth-order valence-corrected chi connectivity index (χ4v) is 2.84. The van der Waals surface area contributed by atoms with Gasteiger partial charge < -0.3 is 0 Å². The van der Waals surface area contributed by atoms with Gasteiger partial charge in [0, 0.05) is 13.1 Å². The topological polar surface area (TPSA) is 50.5 Å². The van der Waals surface area contributed by atoms with Crippen LogP contribution in [0.4, 0.5) is 0 Å². The van der Waals surface area contributed by atoms with Crippen LogP contribution in [0, 0.1) is 5.92 Å². The third kappa shape index (κ3) is 1.75. The van der Waals surface area contributed by atoms with Crippen LogP contribution in [0.15, 0.2) is 9.79 Å². The SMILES string of the molecule is CC(C)C1=NCc2c1nc1n(c2=O)CCN(C)C1C. The van der Waals surface area contributed by atoms with E-state index in [0.29, 0.717) is 12.5 Å². The summed E-state index contributed by atoms with van der Waals surface area (Å²) in [6, 6.07) is 0.181. The van der Waals surface area contributed by atoms with Gasteiger partial charge >= 0.3 is 0 Å². The van der Waals surface area contributed by atoms with Gasteiger partial charge in [-0.05, 0) is 19.9 Å². The van der Waals surface area contributed by atoms with Crippen LogP contribution in [0.1, 0.15) is 43.9 Å². The Balaban J connectivity index is 2.20. The van der Waals surface area contributed by atoms with Gasteiger partial charge in [-0.2, -0.15) is 0 Å². The van der Waals surface area contributed by atoms with Crippen LogP contribution in [0.25, 0.3) is 0 Å². The molecule has 0 bridgehead atoms. The van der Waals surface area contributed by atoms with Crippen LogP contribution in [-0.4, -0.2) is 33.8 Å². The number of hydrogen-bond acceptors (Lipinski definition) is 4.